The summed E-state index contributed by atoms with van der Waals surface area (Å²) in [5.74, 6) is -4.19. The van der Waals surface area contributed by atoms with Gasteiger partial charge in [0, 0.05) is 26.2 Å². The molecule has 2 bridgehead atoms. The van der Waals surface area contributed by atoms with Crippen LogP contribution in [0.15, 0.2) is 47.6 Å². The number of esters is 2. The van der Waals surface area contributed by atoms with Crippen LogP contribution in [-0.4, -0.2) is 58.9 Å². The molecule has 6 atom stereocenters. The summed E-state index contributed by atoms with van der Waals surface area (Å²) in [5.41, 5.74) is -0.425. The van der Waals surface area contributed by atoms with E-state index >= 15 is 0 Å². The highest BCUT2D eigenvalue weighted by molar-refractivity contribution is 6.35. The molecule has 202 valence electrons. The first kappa shape index (κ1) is 29.9. The Labute approximate surface area is 217 Å². The third-order valence-corrected chi connectivity index (χ3v) is 6.70. The number of ketones is 2. The molecule has 2 N–H and O–H groups in total. The number of hydrogen-bond donors (Lipinski definition) is 2. The number of Topliss-reactive ketones (excluding diaryl/α,β-unsaturated/α-hetero) is 2. The number of allylic oxidation sites excluding steroid dienone is 4. The van der Waals surface area contributed by atoms with Crippen molar-refractivity contribution < 1.29 is 38.6 Å². The van der Waals surface area contributed by atoms with Gasteiger partial charge in [-0.3, -0.25) is 24.0 Å². The van der Waals surface area contributed by atoms with Crippen molar-refractivity contribution >= 4 is 29.4 Å². The Morgan fingerprint density at radius 1 is 1.16 bits per heavy atom. The highest BCUT2D eigenvalue weighted by Crippen LogP contribution is 2.38. The zero-order valence-corrected chi connectivity index (χ0v) is 22.3. The largest absolute Gasteiger partial charge is 0.461 e. The Morgan fingerprint density at radius 2 is 1.81 bits per heavy atom. The molecule has 1 amide bonds. The predicted molar refractivity (Wildman–Crippen MR) is 136 cm³/mol. The average Bonchev–Trinajstić information content (AvgIpc) is 2.85. The maximum atomic E-state index is 13.6. The molecule has 2 heterocycles. The lowest BCUT2D eigenvalue weighted by Crippen LogP contribution is -2.61. The quantitative estimate of drug-likeness (QED) is 0.331. The molecule has 0 spiro atoms. The van der Waals surface area contributed by atoms with Crippen molar-refractivity contribution in [2.75, 3.05) is 0 Å². The lowest BCUT2D eigenvalue weighted by atomic mass is 9.69. The van der Waals surface area contributed by atoms with E-state index < -0.39 is 59.1 Å². The average molecular weight is 516 g/mol. The van der Waals surface area contributed by atoms with E-state index in [1.54, 1.807) is 45.1 Å². The first-order chi connectivity index (χ1) is 17.3. The standard InChI is InChI=1S/C28H37NO8/c1-7-24(32)36-21-12-9-16(2)8-11-20(31)15-22-18(4)25(33)28(6,27(35)37-22)23(14-17(3)10-13-21)29-26(34)19(5)30/h8-11,13-14,18,20-23,31H,7,12,15H2,1-6H3,(H,29,34)/b11-8-,13-10-,16-9-,17-14-. The number of aliphatic hydroxyl groups is 1. The monoisotopic (exact) mass is 515 g/mol. The number of carbonyl (C=O) groups excluding carboxylic acids is 5. The van der Waals surface area contributed by atoms with E-state index in [-0.39, 0.29) is 18.8 Å². The molecule has 0 saturated carbocycles. The number of amides is 1. The molecule has 0 aromatic heterocycles. The Morgan fingerprint density at radius 3 is 2.43 bits per heavy atom. The zero-order chi connectivity index (χ0) is 27.9. The Balaban J connectivity index is 2.61. The van der Waals surface area contributed by atoms with Gasteiger partial charge in [0.05, 0.1) is 18.1 Å². The lowest BCUT2D eigenvalue weighted by Gasteiger charge is -2.42. The summed E-state index contributed by atoms with van der Waals surface area (Å²) in [6, 6.07) is -1.18. The number of nitrogens with one attached hydrogen (secondary N) is 1. The minimum Gasteiger partial charge on any atom is -0.461 e. The highest BCUT2D eigenvalue weighted by atomic mass is 16.6. The van der Waals surface area contributed by atoms with Crippen LogP contribution in [0.2, 0.25) is 0 Å². The van der Waals surface area contributed by atoms with Gasteiger partial charge >= 0.3 is 11.9 Å². The molecule has 2 aliphatic heterocycles. The van der Waals surface area contributed by atoms with Crippen LogP contribution in [0, 0.1) is 11.3 Å². The molecule has 6 unspecified atom stereocenters. The lowest BCUT2D eigenvalue weighted by molar-refractivity contribution is -0.181. The maximum absolute atomic E-state index is 13.6. The SMILES string of the molecule is CCC(=O)OC1/C=C\C(C)=C/C(NC(=O)C(C)=O)C2(C)C(=O)OC(CC(O)/C=C\C(C)=C/C1)C(C)C2=O. The third-order valence-electron chi connectivity index (χ3n) is 6.70. The maximum Gasteiger partial charge on any atom is 0.322 e. The molecule has 0 radical (unpaired) electrons. The van der Waals surface area contributed by atoms with Gasteiger partial charge in [-0.25, -0.2) is 0 Å². The van der Waals surface area contributed by atoms with Gasteiger partial charge in [0.2, 0.25) is 5.78 Å². The summed E-state index contributed by atoms with van der Waals surface area (Å²) in [6.07, 6.45) is 8.13. The van der Waals surface area contributed by atoms with Crippen molar-refractivity contribution in [2.45, 2.75) is 85.2 Å². The molecule has 0 aromatic carbocycles. The summed E-state index contributed by atoms with van der Waals surface area (Å²) in [7, 11) is 0. The van der Waals surface area contributed by atoms with E-state index in [4.69, 9.17) is 9.47 Å². The summed E-state index contributed by atoms with van der Waals surface area (Å²) in [6.45, 7) is 9.31. The molecule has 1 saturated heterocycles. The van der Waals surface area contributed by atoms with Crippen LogP contribution in [0.3, 0.4) is 0 Å². The molecule has 9 nitrogen and oxygen atoms in total. The van der Waals surface area contributed by atoms with Gasteiger partial charge in [-0.15, -0.1) is 0 Å². The van der Waals surface area contributed by atoms with Crippen molar-refractivity contribution in [3.05, 3.63) is 47.6 Å². The second-order valence-electron chi connectivity index (χ2n) is 9.80. The van der Waals surface area contributed by atoms with Crippen molar-refractivity contribution in [1.82, 2.24) is 5.32 Å². The van der Waals surface area contributed by atoms with Crippen LogP contribution in [0.4, 0.5) is 0 Å². The fourth-order valence-electron chi connectivity index (χ4n) is 4.18. The van der Waals surface area contributed by atoms with Crippen LogP contribution in [0.5, 0.6) is 0 Å². The van der Waals surface area contributed by atoms with E-state index in [2.05, 4.69) is 5.32 Å². The topological polar surface area (TPSA) is 136 Å². The van der Waals surface area contributed by atoms with Gasteiger partial charge in [0.25, 0.3) is 5.91 Å². The molecular formula is C28H37NO8. The molecule has 3 aliphatic rings. The van der Waals surface area contributed by atoms with Gasteiger partial charge < -0.3 is 19.9 Å². The molecule has 9 heteroatoms. The highest BCUT2D eigenvalue weighted by Gasteiger charge is 2.56. The molecule has 1 aliphatic carbocycles. The molecule has 3 rings (SSSR count). The minimum atomic E-state index is -1.81. The van der Waals surface area contributed by atoms with Crippen LogP contribution < -0.4 is 5.32 Å². The Hall–Kier alpha value is -3.33. The summed E-state index contributed by atoms with van der Waals surface area (Å²) in [5, 5.41) is 13.0. The summed E-state index contributed by atoms with van der Waals surface area (Å²) >= 11 is 0. The van der Waals surface area contributed by atoms with E-state index in [1.807, 2.05) is 13.0 Å². The van der Waals surface area contributed by atoms with Gasteiger partial charge in [0.15, 0.2) is 5.78 Å². The number of fused-ring (bicyclic) bond motifs is 10. The van der Waals surface area contributed by atoms with E-state index in [9.17, 15) is 29.1 Å². The van der Waals surface area contributed by atoms with E-state index in [1.165, 1.54) is 13.0 Å². The molecule has 0 aromatic rings. The fourth-order valence-corrected chi connectivity index (χ4v) is 4.18. The molecule has 37 heavy (non-hydrogen) atoms. The van der Waals surface area contributed by atoms with Crippen molar-refractivity contribution in [3.8, 4) is 0 Å². The molecular weight excluding hydrogens is 478 g/mol. The normalized spacial score (nSPS) is 35.6. The van der Waals surface area contributed by atoms with Crippen molar-refractivity contribution in [2.24, 2.45) is 11.3 Å². The molecule has 1 fully saturated rings. The Kier molecular flexibility index (Phi) is 10.3. The van der Waals surface area contributed by atoms with E-state index in [0.29, 0.717) is 12.0 Å². The third kappa shape index (κ3) is 7.58. The van der Waals surface area contributed by atoms with Crippen LogP contribution in [0.25, 0.3) is 0 Å². The second-order valence-corrected chi connectivity index (χ2v) is 9.80. The van der Waals surface area contributed by atoms with Gasteiger partial charge in [-0.05, 0) is 26.8 Å². The second kappa shape index (κ2) is 12.8. The van der Waals surface area contributed by atoms with Gasteiger partial charge in [-0.1, -0.05) is 55.4 Å². The number of carbonyl (C=O) groups is 5. The smallest absolute Gasteiger partial charge is 0.322 e. The number of hydrogen-bond acceptors (Lipinski definition) is 8. The Bertz CT molecular complexity index is 1050. The number of rotatable bonds is 4. The minimum absolute atomic E-state index is 0.0101. The van der Waals surface area contributed by atoms with Gasteiger partial charge in [-0.2, -0.15) is 0 Å². The van der Waals surface area contributed by atoms with Crippen LogP contribution in [0.1, 0.15) is 60.8 Å². The number of aliphatic hydroxyl groups excluding tert-OH is 1. The zero-order valence-electron chi connectivity index (χ0n) is 22.3. The number of ether oxygens (including phenoxy) is 2. The van der Waals surface area contributed by atoms with Crippen LogP contribution in [-0.2, 0) is 33.4 Å². The summed E-state index contributed by atoms with van der Waals surface area (Å²) < 4.78 is 11.1. The van der Waals surface area contributed by atoms with Crippen molar-refractivity contribution in [1.29, 1.82) is 0 Å². The fraction of sp³-hybridized carbons (Fsp3) is 0.536. The first-order valence-electron chi connectivity index (χ1n) is 12.5. The van der Waals surface area contributed by atoms with Crippen molar-refractivity contribution in [3.63, 3.8) is 0 Å². The summed E-state index contributed by atoms with van der Waals surface area (Å²) in [4.78, 5) is 62.8. The van der Waals surface area contributed by atoms with Crippen LogP contribution >= 0.6 is 0 Å². The van der Waals surface area contributed by atoms with E-state index in [0.717, 1.165) is 12.5 Å². The van der Waals surface area contributed by atoms with Gasteiger partial charge in [0.1, 0.15) is 17.6 Å². The predicted octanol–water partition coefficient (Wildman–Crippen LogP) is 2.68. The first-order valence-corrected chi connectivity index (χ1v) is 12.5.